The molecule has 5 fully saturated rings. The number of nitrogens with zero attached hydrogens (tertiary/aromatic N) is 5. The van der Waals surface area contributed by atoms with Crippen molar-refractivity contribution in [2.75, 3.05) is 6.61 Å². The van der Waals surface area contributed by atoms with E-state index in [1.165, 1.54) is 32.6 Å². The van der Waals surface area contributed by atoms with Crippen molar-refractivity contribution in [3.63, 3.8) is 0 Å². The molecule has 0 radical (unpaired) electrons. The molecule has 0 spiro atoms. The van der Waals surface area contributed by atoms with Gasteiger partial charge in [-0.05, 0) is 299 Å². The Morgan fingerprint density at radius 2 is 0.856 bits per heavy atom. The number of likely N-dealkylation sites (tertiary alicyclic amines) is 4. The van der Waals surface area contributed by atoms with E-state index < -0.39 is 93.9 Å². The number of halogens is 1. The van der Waals surface area contributed by atoms with Gasteiger partial charge in [0.2, 0.25) is 5.91 Å². The minimum absolute atomic E-state index is 0. The van der Waals surface area contributed by atoms with E-state index in [9.17, 15) is 71.9 Å². The monoisotopic (exact) mass is 1750 g/mol. The van der Waals surface area contributed by atoms with Crippen LogP contribution in [0.5, 0.6) is 0 Å². The second-order valence-corrected chi connectivity index (χ2v) is 36.1. The van der Waals surface area contributed by atoms with Crippen LogP contribution in [0.2, 0.25) is 0 Å². The van der Waals surface area contributed by atoms with Gasteiger partial charge in [0.25, 0.3) is 0 Å². The first-order chi connectivity index (χ1) is 51.0. The normalized spacial score (nSPS) is 21.2. The second-order valence-electron chi connectivity index (χ2n) is 36.1. The Balaban J connectivity index is -0.000000239. The van der Waals surface area contributed by atoms with Crippen LogP contribution in [-0.2, 0) is 76.3 Å². The molecule has 118 heavy (non-hydrogen) atoms. The molecule has 6 heterocycles. The Labute approximate surface area is 741 Å². The van der Waals surface area contributed by atoms with E-state index in [4.69, 9.17) is 43.4 Å². The molecule has 33 nitrogen and oxygen atoms in total. The quantitative estimate of drug-likeness (QED) is 0.0500. The molecule has 0 bridgehead atoms. The van der Waals surface area contributed by atoms with Crippen LogP contribution in [0.15, 0.2) is 4.99 Å². The molecule has 6 aliphatic heterocycles. The molecule has 0 aromatic heterocycles. The maximum absolute atomic E-state index is 11.9. The zero-order valence-electron chi connectivity index (χ0n) is 77.5. The number of amides is 6. The van der Waals surface area contributed by atoms with Gasteiger partial charge in [-0.1, -0.05) is 0 Å². The molecule has 6 aliphatic rings. The number of aliphatic hydroxyl groups is 1. The molecule has 0 saturated carbocycles. The molecule has 5 saturated heterocycles. The van der Waals surface area contributed by atoms with E-state index in [0.29, 0.717) is 31.7 Å². The van der Waals surface area contributed by atoms with Gasteiger partial charge in [-0.3, -0.25) is 43.6 Å². The first-order valence-electron chi connectivity index (χ1n) is 38.9. The minimum atomic E-state index is -1.06. The van der Waals surface area contributed by atoms with Gasteiger partial charge in [0.1, 0.15) is 68.9 Å². The number of aliphatic carboxylic acids is 1. The van der Waals surface area contributed by atoms with Gasteiger partial charge in [0.05, 0.1) is 30.8 Å². The maximum atomic E-state index is 11.9. The number of carbonyl (C=O) groups excluding carboxylic acids is 14. The number of rotatable bonds is 11. The zero-order chi connectivity index (χ0) is 88.8. The Morgan fingerprint density at radius 1 is 0.483 bits per heavy atom. The molecule has 11 atom stereocenters. The van der Waals surface area contributed by atoms with E-state index in [2.05, 4.69) is 27.3 Å². The predicted molar refractivity (Wildman–Crippen MR) is 438 cm³/mol. The van der Waals surface area contributed by atoms with E-state index >= 15 is 0 Å². The fourth-order valence-electron chi connectivity index (χ4n) is 11.4. The molecule has 36 heteroatoms. The smallest absolute Gasteiger partial charge is 1.00 e. The third-order valence-corrected chi connectivity index (χ3v) is 16.6. The summed E-state index contributed by atoms with van der Waals surface area (Å²) >= 11 is 0. The predicted octanol–water partition coefficient (Wildman–Crippen LogP) is 8.02. The summed E-state index contributed by atoms with van der Waals surface area (Å²) in [6.07, 6.45) is 5.19. The number of carboxylic acid groups (broad SMARTS) is 1. The van der Waals surface area contributed by atoms with Crippen molar-refractivity contribution < 1.29 is 161 Å². The molecule has 5 N–H and O–H groups in total. The molecule has 0 aromatic rings. The average molecular weight is 1760 g/mol. The topological polar surface area (TPSA) is 450 Å². The van der Waals surface area contributed by atoms with E-state index in [-0.39, 0.29) is 186 Å². The van der Waals surface area contributed by atoms with Crippen LogP contribution in [0.1, 0.15) is 311 Å². The number of nitrogens with one attached hydrogen (secondary N) is 2. The van der Waals surface area contributed by atoms with Crippen LogP contribution in [0.4, 0.5) is 33.6 Å². The summed E-state index contributed by atoms with van der Waals surface area (Å²) in [7, 11) is 0. The molecular weight excluding hydrogens is 1610 g/mol. The number of carboxylic acids is 1. The molecule has 674 valence electrons. The maximum Gasteiger partial charge on any atom is 2.00 e. The zero-order valence-corrected chi connectivity index (χ0v) is 80.5. The Morgan fingerprint density at radius 3 is 1.16 bits per heavy atom. The number of alkyl carbamates (subject to hydrolysis) is 1. The summed E-state index contributed by atoms with van der Waals surface area (Å²) in [5.74, 6) is -1.16. The van der Waals surface area contributed by atoms with Crippen LogP contribution in [0, 0.1) is 7.43 Å². The van der Waals surface area contributed by atoms with Crippen LogP contribution in [-0.4, -0.2) is 266 Å². The van der Waals surface area contributed by atoms with Crippen molar-refractivity contribution in [2.45, 2.75) is 417 Å². The van der Waals surface area contributed by atoms with Gasteiger partial charge in [-0.2, -0.15) is 0 Å². The molecule has 0 aromatic carbocycles. The van der Waals surface area contributed by atoms with E-state index in [1.807, 2.05) is 69.2 Å². The third-order valence-electron chi connectivity index (χ3n) is 16.6. The Kier molecular flexibility index (Phi) is 58.8. The van der Waals surface area contributed by atoms with Crippen molar-refractivity contribution >= 4 is 118 Å². The fourth-order valence-corrected chi connectivity index (χ4v) is 11.4. The minimum Gasteiger partial charge on any atom is -1.00 e. The second kappa shape index (κ2) is 55.6. The van der Waals surface area contributed by atoms with Crippen LogP contribution in [0.3, 0.4) is 0 Å². The molecular formula is C82H145BrLiMgN7O26. The number of hydrogen-bond acceptors (Lipinski definition) is 27. The first kappa shape index (κ1) is 125. The Bertz CT molecular complexity index is 3170. The molecule has 6 rings (SSSR count). The summed E-state index contributed by atoms with van der Waals surface area (Å²) in [4.78, 5) is 179. The van der Waals surface area contributed by atoms with Crippen molar-refractivity contribution in [3.05, 3.63) is 7.43 Å². The fraction of sp³-hybridized carbons (Fsp3) is 0.793. The van der Waals surface area contributed by atoms with Crippen LogP contribution >= 0.6 is 0 Å². The number of Topliss-reactive ketones (excluding diaryl/α,β-unsaturated/α-hetero) is 6. The number of ether oxygens (including phenoxy) is 8. The number of aliphatic hydroxyl groups excluding tert-OH is 1. The average Bonchev–Trinajstić information content (AvgIpc) is 1.69. The van der Waals surface area contributed by atoms with Crippen LogP contribution < -0.4 is 46.5 Å². The summed E-state index contributed by atoms with van der Waals surface area (Å²) in [5, 5.41) is 23.8. The molecule has 0 aliphatic carbocycles. The van der Waals surface area contributed by atoms with Crippen molar-refractivity contribution in [1.29, 1.82) is 0 Å². The van der Waals surface area contributed by atoms with Crippen molar-refractivity contribution in [2.24, 2.45) is 4.99 Å². The van der Waals surface area contributed by atoms with Gasteiger partial charge in [0, 0.05) is 42.7 Å². The summed E-state index contributed by atoms with van der Waals surface area (Å²) < 4.78 is 39.7. The van der Waals surface area contributed by atoms with Gasteiger partial charge in [-0.15, -0.1) is 0 Å². The molecule has 6 amide bonds. The third kappa shape index (κ3) is 54.8. The van der Waals surface area contributed by atoms with Crippen molar-refractivity contribution in [3.8, 4) is 0 Å². The summed E-state index contributed by atoms with van der Waals surface area (Å²) in [5.41, 5.74) is -3.12. The standard InChI is InChI=1S/C12H21NO4.C12H21NO3.C11H17NO4.C11H19NO4.C11H21NO3.C10H18O5.C7H13NO.C7H11NO.CH3.BrH.Li.Mg.H2O/c1-8(14)6-7-10(9(2)15)13-11(16)17-12(3,4)5;1-8-6-7-10(9(2)14)13(8)11(15)16-12(3,4)5;1-7(13)8-5-6-9(14)12(8)10(15)16-11(2,3)4;1-7-5-6-8(9(13)14)12(7)10(15)16-11(2,3)4;1-8-5-6-9(7-13)12(8)10(14)15-11(2,3)4;1-9(2,3)14-7(11)13-8(12)15-10(4,5)6;2*1-5-3-4-7(8-5)6(2)9;;;;;/h10H,6-7H2,1-5H3,(H,13,16);8,10H,6-7H2,1-5H3;8H,5-6H2,1-4H3;7-8H,5-6H2,1-4H3,(H,13,14);8-9,13H,5-7H2,1-4H3;1-6H3;5,7-8H,3-4H2,1-2H3;7H,3-4H2,1-2H3;1H3;1H;;;1H2/q;;;;;;;;-1;;+1;+2;/p-2/t10-;8-,10-;8-;7-,8-;8-,9-;;5-,7-;7-;;;;;/m00000.00...../s1. The number of aliphatic imine (C=N–C) groups is 1. The number of hydrogen-bond donors (Lipinski definition) is 4. The van der Waals surface area contributed by atoms with Gasteiger partial charge >= 0.3 is 90.7 Å². The number of carbonyl (C=O) groups is 15. The van der Waals surface area contributed by atoms with Gasteiger partial charge in [0.15, 0.2) is 23.1 Å². The van der Waals surface area contributed by atoms with E-state index in [1.54, 1.807) is 128 Å². The Hall–Kier alpha value is -6.36. The SMILES string of the molecule is CC(=O)CC[C@H](NC(=O)OC(C)(C)C)C(C)=O.CC(=O)[C@@H]1CCC(=O)N1C(=O)OC(C)(C)C.CC(=O)[C@@H]1CCC(C)=N1.CC(=O)[C@@H]1CC[C@H](C)N1.CC(=O)[C@@H]1CC[C@H](C)N1C(=O)OC(C)(C)C.CC(C)(C)OC(=O)OC(=O)OC(C)(C)C.C[C@H]1CC[C@@H](C(=O)O)N1C(=O)OC(C)(C)C.C[C@H]1CC[C@@H](CO)N1C(=O)OC(C)(C)C.[Br-].[CH3-].[Li+].[Mg+2].[OH-]. The summed E-state index contributed by atoms with van der Waals surface area (Å²) in [6, 6.07) is -1.57. The van der Waals surface area contributed by atoms with Gasteiger partial charge in [-0.25, -0.2) is 43.3 Å². The number of imide groups is 1. The first-order valence-corrected chi connectivity index (χ1v) is 38.9. The summed E-state index contributed by atoms with van der Waals surface area (Å²) in [6.45, 7) is 55.6. The van der Waals surface area contributed by atoms with Crippen LogP contribution in [0.25, 0.3) is 0 Å². The largest absolute Gasteiger partial charge is 2.00 e. The number of ketones is 6. The van der Waals surface area contributed by atoms with E-state index in [0.717, 1.165) is 62.0 Å². The van der Waals surface area contributed by atoms with Crippen molar-refractivity contribution in [1.82, 2.24) is 30.2 Å². The molecule has 0 unspecified atom stereocenters. The van der Waals surface area contributed by atoms with Gasteiger partial charge < -0.3 is 98.3 Å².